The predicted molar refractivity (Wildman–Crippen MR) is 73.0 cm³/mol. The monoisotopic (exact) mass is 279 g/mol. The quantitative estimate of drug-likeness (QED) is 0.760. The molecule has 0 unspecified atom stereocenters. The van der Waals surface area contributed by atoms with Crippen molar-refractivity contribution in [1.29, 1.82) is 0 Å². The van der Waals surface area contributed by atoms with E-state index in [1.807, 2.05) is 12.2 Å². The largest absolute Gasteiger partial charge is 0.394 e. The number of aliphatic hydroxyl groups is 1. The van der Waals surface area contributed by atoms with Gasteiger partial charge < -0.3 is 5.11 Å². The Hall–Kier alpha value is -2.12. The Labute approximate surface area is 115 Å². The molecule has 7 heteroatoms. The summed E-state index contributed by atoms with van der Waals surface area (Å²) in [7, 11) is 0. The molecule has 0 fully saturated rings. The second-order valence-corrected chi connectivity index (χ2v) is 4.45. The first-order valence-electron chi connectivity index (χ1n) is 6.28. The molecule has 7 nitrogen and oxygen atoms in total. The highest BCUT2D eigenvalue weighted by Crippen LogP contribution is 2.09. The molecule has 0 spiro atoms. The van der Waals surface area contributed by atoms with Crippen LogP contribution in [0.15, 0.2) is 39.7 Å². The van der Waals surface area contributed by atoms with E-state index in [0.717, 1.165) is 5.57 Å². The van der Waals surface area contributed by atoms with Crippen LogP contribution in [0, 0.1) is 6.92 Å². The Morgan fingerprint density at radius 1 is 1.45 bits per heavy atom. The Morgan fingerprint density at radius 2 is 2.25 bits per heavy atom. The fraction of sp³-hybridized carbons (Fsp3) is 0.385. The first-order valence-corrected chi connectivity index (χ1v) is 6.28. The average molecular weight is 279 g/mol. The molecule has 0 saturated heterocycles. The third-order valence-electron chi connectivity index (χ3n) is 2.88. The van der Waals surface area contributed by atoms with Crippen LogP contribution in [-0.4, -0.2) is 39.5 Å². The molecule has 0 amide bonds. The Morgan fingerprint density at radius 3 is 2.90 bits per heavy atom. The molecule has 1 aliphatic rings. The standard InChI is InChI=1S/C13H17N3O4/c1-10-8-15(13(19)14-12(10)18)9-11-2-4-16(5-3-11)20-7-6-17/h2-4,8,17H,5-7,9H2,1H3,(H,14,18,19). The maximum Gasteiger partial charge on any atom is 0.328 e. The molecule has 1 aliphatic heterocycles. The lowest BCUT2D eigenvalue weighted by Gasteiger charge is -2.21. The van der Waals surface area contributed by atoms with Crippen LogP contribution >= 0.6 is 0 Å². The van der Waals surface area contributed by atoms with Crippen LogP contribution < -0.4 is 11.2 Å². The van der Waals surface area contributed by atoms with E-state index in [-0.39, 0.29) is 18.8 Å². The van der Waals surface area contributed by atoms with Crippen LogP contribution in [0.25, 0.3) is 0 Å². The highest BCUT2D eigenvalue weighted by molar-refractivity contribution is 5.22. The first-order chi connectivity index (χ1) is 9.60. The number of nitrogens with one attached hydrogen (secondary N) is 1. The lowest BCUT2D eigenvalue weighted by Crippen LogP contribution is -2.31. The summed E-state index contributed by atoms with van der Waals surface area (Å²) >= 11 is 0. The zero-order valence-corrected chi connectivity index (χ0v) is 11.2. The van der Waals surface area contributed by atoms with Crippen molar-refractivity contribution >= 4 is 0 Å². The summed E-state index contributed by atoms with van der Waals surface area (Å²) in [4.78, 5) is 30.4. The lowest BCUT2D eigenvalue weighted by atomic mass is 10.2. The number of aromatic nitrogens is 2. The van der Waals surface area contributed by atoms with E-state index in [0.29, 0.717) is 18.7 Å². The fourth-order valence-electron chi connectivity index (χ4n) is 1.82. The van der Waals surface area contributed by atoms with E-state index in [1.165, 1.54) is 4.57 Å². The van der Waals surface area contributed by atoms with E-state index in [9.17, 15) is 9.59 Å². The maximum absolute atomic E-state index is 11.7. The van der Waals surface area contributed by atoms with Gasteiger partial charge in [0.15, 0.2) is 0 Å². The van der Waals surface area contributed by atoms with Gasteiger partial charge in [-0.2, -0.15) is 0 Å². The van der Waals surface area contributed by atoms with Crippen LogP contribution in [0.4, 0.5) is 0 Å². The molecule has 0 radical (unpaired) electrons. The molecule has 2 heterocycles. The van der Waals surface area contributed by atoms with Gasteiger partial charge >= 0.3 is 5.69 Å². The number of hydrogen-bond donors (Lipinski definition) is 2. The van der Waals surface area contributed by atoms with Crippen molar-refractivity contribution in [3.8, 4) is 0 Å². The fourth-order valence-corrected chi connectivity index (χ4v) is 1.82. The minimum absolute atomic E-state index is 0.0348. The van der Waals surface area contributed by atoms with Crippen LogP contribution in [-0.2, 0) is 11.4 Å². The summed E-state index contributed by atoms with van der Waals surface area (Å²) < 4.78 is 1.46. The van der Waals surface area contributed by atoms with Gasteiger partial charge in [0.2, 0.25) is 0 Å². The van der Waals surface area contributed by atoms with E-state index >= 15 is 0 Å². The smallest absolute Gasteiger partial charge is 0.328 e. The zero-order chi connectivity index (χ0) is 14.5. The van der Waals surface area contributed by atoms with Crippen LogP contribution in [0.3, 0.4) is 0 Å². The number of aliphatic hydroxyl groups excluding tert-OH is 1. The Kier molecular flexibility index (Phi) is 4.54. The molecule has 1 aromatic heterocycles. The van der Waals surface area contributed by atoms with Crippen LogP contribution in [0.1, 0.15) is 5.56 Å². The van der Waals surface area contributed by atoms with Gasteiger partial charge in [-0.15, -0.1) is 0 Å². The molecule has 1 aromatic rings. The molecule has 108 valence electrons. The summed E-state index contributed by atoms with van der Waals surface area (Å²) in [6.45, 7) is 2.80. The van der Waals surface area contributed by atoms with Gasteiger partial charge in [0.25, 0.3) is 5.56 Å². The molecular formula is C13H17N3O4. The molecular weight excluding hydrogens is 262 g/mol. The van der Waals surface area contributed by atoms with Crippen LogP contribution in [0.5, 0.6) is 0 Å². The topological polar surface area (TPSA) is 87.6 Å². The number of allylic oxidation sites excluding steroid dienone is 2. The van der Waals surface area contributed by atoms with Gasteiger partial charge in [-0.3, -0.25) is 24.2 Å². The molecule has 0 bridgehead atoms. The SMILES string of the molecule is Cc1cn(CC2=CCN(OCCO)C=C2)c(=O)[nH]c1=O. The summed E-state index contributed by atoms with van der Waals surface area (Å²) in [6, 6.07) is 0. The molecule has 20 heavy (non-hydrogen) atoms. The third kappa shape index (κ3) is 3.46. The predicted octanol–water partition coefficient (Wildman–Crippen LogP) is -0.475. The molecule has 2 N–H and O–H groups in total. The molecule has 2 rings (SSSR count). The number of aryl methyl sites for hydroxylation is 1. The zero-order valence-electron chi connectivity index (χ0n) is 11.2. The van der Waals surface area contributed by atoms with Crippen molar-refractivity contribution in [2.75, 3.05) is 19.8 Å². The Balaban J connectivity index is 2.04. The van der Waals surface area contributed by atoms with E-state index in [4.69, 9.17) is 9.94 Å². The van der Waals surface area contributed by atoms with E-state index in [1.54, 1.807) is 24.4 Å². The van der Waals surface area contributed by atoms with Crippen molar-refractivity contribution < 1.29 is 9.94 Å². The third-order valence-corrected chi connectivity index (χ3v) is 2.88. The van der Waals surface area contributed by atoms with Crippen molar-refractivity contribution in [2.24, 2.45) is 0 Å². The van der Waals surface area contributed by atoms with E-state index < -0.39 is 5.69 Å². The number of aromatic amines is 1. The first kappa shape index (κ1) is 14.3. The van der Waals surface area contributed by atoms with E-state index in [2.05, 4.69) is 4.98 Å². The second-order valence-electron chi connectivity index (χ2n) is 4.45. The number of H-pyrrole nitrogens is 1. The van der Waals surface area contributed by atoms with Gasteiger partial charge in [0, 0.05) is 18.0 Å². The maximum atomic E-state index is 11.7. The highest BCUT2D eigenvalue weighted by Gasteiger charge is 2.07. The van der Waals surface area contributed by atoms with Gasteiger partial charge in [-0.1, -0.05) is 6.08 Å². The van der Waals surface area contributed by atoms with Crippen LogP contribution in [0.2, 0.25) is 0 Å². The minimum atomic E-state index is -0.422. The number of hydrogen-bond acceptors (Lipinski definition) is 5. The minimum Gasteiger partial charge on any atom is -0.394 e. The van der Waals surface area contributed by atoms with Crippen molar-refractivity contribution in [2.45, 2.75) is 13.5 Å². The Bertz CT molecular complexity index is 642. The van der Waals surface area contributed by atoms with Crippen molar-refractivity contribution in [3.05, 3.63) is 56.5 Å². The molecule has 0 atom stereocenters. The van der Waals surface area contributed by atoms with Gasteiger partial charge in [0.1, 0.15) is 0 Å². The summed E-state index contributed by atoms with van der Waals surface area (Å²) in [5.74, 6) is 0. The lowest BCUT2D eigenvalue weighted by molar-refractivity contribution is -0.122. The average Bonchev–Trinajstić information content (AvgIpc) is 2.44. The number of rotatable bonds is 5. The molecule has 0 aromatic carbocycles. The number of nitrogens with zero attached hydrogens (tertiary/aromatic N) is 2. The van der Waals surface area contributed by atoms with Crippen molar-refractivity contribution in [1.82, 2.24) is 14.6 Å². The summed E-state index contributed by atoms with van der Waals surface area (Å²) in [6.07, 6.45) is 7.04. The molecule has 0 aliphatic carbocycles. The highest BCUT2D eigenvalue weighted by atomic mass is 16.7. The van der Waals surface area contributed by atoms with Gasteiger partial charge in [0.05, 0.1) is 26.3 Å². The van der Waals surface area contributed by atoms with Gasteiger partial charge in [-0.25, -0.2) is 4.79 Å². The summed E-state index contributed by atoms with van der Waals surface area (Å²) in [5.41, 5.74) is 0.664. The normalized spacial score (nSPS) is 14.5. The molecule has 0 saturated carbocycles. The second kappa shape index (κ2) is 6.36. The van der Waals surface area contributed by atoms with Crippen molar-refractivity contribution in [3.63, 3.8) is 0 Å². The number of hydroxylamine groups is 2. The van der Waals surface area contributed by atoms with Gasteiger partial charge in [-0.05, 0) is 18.6 Å². The summed E-state index contributed by atoms with van der Waals surface area (Å²) in [5, 5.41) is 10.3.